The summed E-state index contributed by atoms with van der Waals surface area (Å²) in [7, 11) is 0. The van der Waals surface area contributed by atoms with Crippen LogP contribution < -0.4 is 9.47 Å². The Labute approximate surface area is 162 Å². The first-order valence-electron chi connectivity index (χ1n) is 9.75. The number of ether oxygens (including phenoxy) is 3. The first-order valence-corrected chi connectivity index (χ1v) is 9.75. The third-order valence-corrected chi connectivity index (χ3v) is 5.05. The maximum absolute atomic E-state index is 9.80. The van der Waals surface area contributed by atoms with Crippen LogP contribution in [0.5, 0.6) is 11.5 Å². The molecule has 146 valence electrons. The van der Waals surface area contributed by atoms with Crippen LogP contribution in [0.25, 0.3) is 0 Å². The molecule has 1 saturated heterocycles. The smallest absolute Gasteiger partial charge is 0.119 e. The van der Waals surface area contributed by atoms with Crippen molar-refractivity contribution < 1.29 is 19.3 Å². The SMILES string of the molecule is CCCC(O)COc1ccc(C(C)(C)c2ccc(OCC3CO3)cc2)cc1. The zero-order valence-electron chi connectivity index (χ0n) is 16.5. The number of aliphatic hydroxyl groups is 1. The highest BCUT2D eigenvalue weighted by Gasteiger charge is 2.24. The fourth-order valence-electron chi connectivity index (χ4n) is 3.06. The van der Waals surface area contributed by atoms with Crippen molar-refractivity contribution in [2.45, 2.75) is 51.2 Å². The molecule has 0 aromatic heterocycles. The van der Waals surface area contributed by atoms with Crippen LogP contribution in [-0.4, -0.2) is 37.1 Å². The number of aliphatic hydroxyl groups excluding tert-OH is 1. The highest BCUT2D eigenvalue weighted by molar-refractivity contribution is 5.41. The van der Waals surface area contributed by atoms with Gasteiger partial charge >= 0.3 is 0 Å². The molecule has 0 bridgehead atoms. The van der Waals surface area contributed by atoms with E-state index in [2.05, 4.69) is 45.0 Å². The van der Waals surface area contributed by atoms with Gasteiger partial charge in [-0.05, 0) is 41.8 Å². The van der Waals surface area contributed by atoms with Crippen LogP contribution in [0.4, 0.5) is 0 Å². The molecule has 1 heterocycles. The molecule has 0 amide bonds. The van der Waals surface area contributed by atoms with E-state index in [0.29, 0.717) is 13.2 Å². The zero-order chi connectivity index (χ0) is 19.3. The van der Waals surface area contributed by atoms with Gasteiger partial charge in [-0.2, -0.15) is 0 Å². The van der Waals surface area contributed by atoms with Crippen LogP contribution in [0, 0.1) is 0 Å². The Morgan fingerprint density at radius 2 is 1.52 bits per heavy atom. The second-order valence-corrected chi connectivity index (χ2v) is 7.69. The van der Waals surface area contributed by atoms with Crippen LogP contribution in [0.2, 0.25) is 0 Å². The van der Waals surface area contributed by atoms with Gasteiger partial charge in [0.25, 0.3) is 0 Å². The first kappa shape index (κ1) is 19.7. The van der Waals surface area contributed by atoms with Crippen molar-refractivity contribution in [1.82, 2.24) is 0 Å². The van der Waals surface area contributed by atoms with Crippen LogP contribution in [0.1, 0.15) is 44.7 Å². The fraction of sp³-hybridized carbons (Fsp3) is 0.478. The summed E-state index contributed by atoms with van der Waals surface area (Å²) in [6.07, 6.45) is 1.58. The lowest BCUT2D eigenvalue weighted by molar-refractivity contribution is 0.0993. The number of epoxide rings is 1. The zero-order valence-corrected chi connectivity index (χ0v) is 16.5. The van der Waals surface area contributed by atoms with Gasteiger partial charge in [-0.1, -0.05) is 51.5 Å². The topological polar surface area (TPSA) is 51.2 Å². The third-order valence-electron chi connectivity index (χ3n) is 5.05. The van der Waals surface area contributed by atoms with E-state index in [1.54, 1.807) is 0 Å². The molecule has 1 aliphatic rings. The Balaban J connectivity index is 1.61. The van der Waals surface area contributed by atoms with E-state index >= 15 is 0 Å². The molecule has 2 aromatic rings. The Hall–Kier alpha value is -2.04. The maximum Gasteiger partial charge on any atom is 0.119 e. The van der Waals surface area contributed by atoms with Crippen molar-refractivity contribution >= 4 is 0 Å². The Kier molecular flexibility index (Phi) is 6.40. The molecule has 2 atom stereocenters. The molecule has 1 aliphatic heterocycles. The Morgan fingerprint density at radius 3 is 2.00 bits per heavy atom. The van der Waals surface area contributed by atoms with Crippen LogP contribution >= 0.6 is 0 Å². The molecular weight excluding hydrogens is 340 g/mol. The highest BCUT2D eigenvalue weighted by atomic mass is 16.6. The molecule has 4 nitrogen and oxygen atoms in total. The summed E-state index contributed by atoms with van der Waals surface area (Å²) in [6.45, 7) is 8.24. The average molecular weight is 370 g/mol. The molecule has 3 rings (SSSR count). The van der Waals surface area contributed by atoms with E-state index in [9.17, 15) is 5.11 Å². The van der Waals surface area contributed by atoms with E-state index in [1.807, 2.05) is 24.3 Å². The summed E-state index contributed by atoms with van der Waals surface area (Å²) in [4.78, 5) is 0. The van der Waals surface area contributed by atoms with Gasteiger partial charge in [-0.15, -0.1) is 0 Å². The predicted molar refractivity (Wildman–Crippen MR) is 107 cm³/mol. The normalized spacial score (nSPS) is 17.4. The summed E-state index contributed by atoms with van der Waals surface area (Å²) in [5.74, 6) is 1.66. The van der Waals surface area contributed by atoms with Gasteiger partial charge in [0, 0.05) is 5.41 Å². The molecular formula is C23H30O4. The highest BCUT2D eigenvalue weighted by Crippen LogP contribution is 2.33. The van der Waals surface area contributed by atoms with Gasteiger partial charge in [-0.3, -0.25) is 0 Å². The van der Waals surface area contributed by atoms with Crippen molar-refractivity contribution in [3.63, 3.8) is 0 Å². The van der Waals surface area contributed by atoms with Gasteiger partial charge in [0.05, 0.1) is 12.7 Å². The van der Waals surface area contributed by atoms with Crippen molar-refractivity contribution in [2.75, 3.05) is 19.8 Å². The van der Waals surface area contributed by atoms with Crippen LogP contribution in [0.15, 0.2) is 48.5 Å². The van der Waals surface area contributed by atoms with Gasteiger partial charge in [0.2, 0.25) is 0 Å². The molecule has 0 saturated carbocycles. The summed E-state index contributed by atoms with van der Waals surface area (Å²) >= 11 is 0. The number of hydrogen-bond donors (Lipinski definition) is 1. The second-order valence-electron chi connectivity index (χ2n) is 7.69. The molecule has 4 heteroatoms. The van der Waals surface area contributed by atoms with Crippen molar-refractivity contribution in [3.8, 4) is 11.5 Å². The fourth-order valence-corrected chi connectivity index (χ4v) is 3.06. The molecule has 1 N–H and O–H groups in total. The summed E-state index contributed by atoms with van der Waals surface area (Å²) in [5, 5.41) is 9.80. The molecule has 1 fully saturated rings. The molecule has 0 spiro atoms. The van der Waals surface area contributed by atoms with Gasteiger partial charge in [0.15, 0.2) is 0 Å². The minimum Gasteiger partial charge on any atom is -0.491 e. The van der Waals surface area contributed by atoms with Gasteiger partial charge in [-0.25, -0.2) is 0 Å². The van der Waals surface area contributed by atoms with E-state index in [-0.39, 0.29) is 11.5 Å². The summed E-state index contributed by atoms with van der Waals surface area (Å²) < 4.78 is 16.6. The molecule has 2 unspecified atom stereocenters. The van der Waals surface area contributed by atoms with Crippen molar-refractivity contribution in [1.29, 1.82) is 0 Å². The van der Waals surface area contributed by atoms with E-state index in [4.69, 9.17) is 14.2 Å². The lowest BCUT2D eigenvalue weighted by Gasteiger charge is -2.26. The maximum atomic E-state index is 9.80. The molecule has 27 heavy (non-hydrogen) atoms. The molecule has 2 aromatic carbocycles. The first-order chi connectivity index (χ1) is 13.0. The number of hydrogen-bond acceptors (Lipinski definition) is 4. The second kappa shape index (κ2) is 8.77. The molecule has 0 aliphatic carbocycles. The lowest BCUT2D eigenvalue weighted by Crippen LogP contribution is -2.19. The quantitative estimate of drug-likeness (QED) is 0.633. The molecule has 0 radical (unpaired) electrons. The minimum atomic E-state index is -0.404. The summed E-state index contributed by atoms with van der Waals surface area (Å²) in [5.41, 5.74) is 2.31. The lowest BCUT2D eigenvalue weighted by atomic mass is 9.78. The third kappa shape index (κ3) is 5.47. The van der Waals surface area contributed by atoms with Crippen molar-refractivity contribution in [2.24, 2.45) is 0 Å². The van der Waals surface area contributed by atoms with E-state index in [0.717, 1.165) is 30.9 Å². The van der Waals surface area contributed by atoms with E-state index < -0.39 is 6.10 Å². The van der Waals surface area contributed by atoms with Gasteiger partial charge < -0.3 is 19.3 Å². The van der Waals surface area contributed by atoms with Crippen molar-refractivity contribution in [3.05, 3.63) is 59.7 Å². The van der Waals surface area contributed by atoms with Crippen LogP contribution in [-0.2, 0) is 10.2 Å². The monoisotopic (exact) mass is 370 g/mol. The standard InChI is InChI=1S/C23H30O4/c1-4-5-19(24)14-25-20-10-6-17(7-11-20)23(2,3)18-8-12-21(13-9-18)26-15-22-16-27-22/h6-13,19,22,24H,4-5,14-16H2,1-3H3. The Morgan fingerprint density at radius 1 is 1.00 bits per heavy atom. The number of benzene rings is 2. The Bertz CT molecular complexity index is 702. The van der Waals surface area contributed by atoms with Gasteiger partial charge in [0.1, 0.15) is 30.8 Å². The largest absolute Gasteiger partial charge is 0.491 e. The summed E-state index contributed by atoms with van der Waals surface area (Å²) in [6, 6.07) is 16.4. The van der Waals surface area contributed by atoms with Crippen LogP contribution in [0.3, 0.4) is 0 Å². The van der Waals surface area contributed by atoms with E-state index in [1.165, 1.54) is 11.1 Å². The number of rotatable bonds is 10. The predicted octanol–water partition coefficient (Wildman–Crippen LogP) is 4.33. The minimum absolute atomic E-state index is 0.127. The average Bonchev–Trinajstić information content (AvgIpc) is 3.50.